The number of carbonyl (C=O) groups excluding carboxylic acids is 1. The number of nitrogens with one attached hydrogen (secondary N) is 3. The van der Waals surface area contributed by atoms with E-state index in [0.29, 0.717) is 51.1 Å². The molecule has 0 aliphatic heterocycles. The summed E-state index contributed by atoms with van der Waals surface area (Å²) in [7, 11) is 0. The van der Waals surface area contributed by atoms with Gasteiger partial charge >= 0.3 is 28.5 Å². The first-order chi connectivity index (χ1) is 31.3. The minimum atomic E-state index is -2.11. The summed E-state index contributed by atoms with van der Waals surface area (Å²) in [4.78, 5) is 12.3. The van der Waals surface area contributed by atoms with Crippen molar-refractivity contribution in [1.82, 2.24) is 19.8 Å². The van der Waals surface area contributed by atoms with Crippen LogP contribution in [-0.2, 0) is 32.7 Å². The molecule has 346 valence electrons. The van der Waals surface area contributed by atoms with Gasteiger partial charge in [-0.1, -0.05) is 82.6 Å². The highest BCUT2D eigenvalue weighted by Gasteiger charge is 2.29. The van der Waals surface area contributed by atoms with E-state index in [4.69, 9.17) is 34.2 Å². The molecule has 17 heteroatoms. The lowest BCUT2D eigenvalue weighted by Crippen LogP contribution is -2.25. The van der Waals surface area contributed by atoms with Crippen LogP contribution in [0.2, 0.25) is 5.02 Å². The fourth-order valence-corrected chi connectivity index (χ4v) is 9.71. The number of nitrogens with zero attached hydrogens (tertiary/aromatic N) is 3. The van der Waals surface area contributed by atoms with Crippen LogP contribution in [0.3, 0.4) is 0 Å². The number of ether oxygens (including phenoxy) is 3. The number of esters is 1. The van der Waals surface area contributed by atoms with Crippen LogP contribution in [-0.4, -0.2) is 40.8 Å². The van der Waals surface area contributed by atoms with Crippen LogP contribution in [0.25, 0.3) is 17.0 Å². The number of benzene rings is 5. The van der Waals surface area contributed by atoms with Gasteiger partial charge in [0, 0.05) is 11.6 Å². The van der Waals surface area contributed by atoms with Crippen molar-refractivity contribution in [3.63, 3.8) is 0 Å². The number of anilines is 2. The highest BCUT2D eigenvalue weighted by Crippen LogP contribution is 2.42. The van der Waals surface area contributed by atoms with Gasteiger partial charge in [-0.2, -0.15) is 8.42 Å². The predicted molar refractivity (Wildman–Crippen MR) is 260 cm³/mol. The summed E-state index contributed by atoms with van der Waals surface area (Å²) in [6.07, 6.45) is 0.938. The molecule has 3 N–H and O–H groups in total. The Labute approximate surface area is 394 Å². The second kappa shape index (κ2) is 19.6. The molecule has 2 atom stereocenters. The molecule has 0 spiro atoms. The SMILES string of the molecule is CCOC(=O)c1ccc(Oc2c(Oc3ccccc3)[nH]n3c(-c4c(C)cc(C)c(NS(=O)Oc5ccc(Cl)c(NS(=O)Oc6cc(C(C)(C)CC(C)(C)C)ccc6C)c5)c4C)nnc23)cc1. The molecule has 7 rings (SSSR count). The molecular formula is C49H53ClN6O8S2. The fourth-order valence-electron chi connectivity index (χ4n) is 7.96. The molecule has 5 aromatic carbocycles. The molecule has 2 aromatic heterocycles. The molecule has 66 heavy (non-hydrogen) atoms. The van der Waals surface area contributed by atoms with Gasteiger partial charge in [-0.3, -0.25) is 14.5 Å². The van der Waals surface area contributed by atoms with E-state index in [2.05, 4.69) is 65.4 Å². The van der Waals surface area contributed by atoms with Crippen molar-refractivity contribution >= 4 is 57.1 Å². The normalized spacial score (nSPS) is 12.7. The summed E-state index contributed by atoms with van der Waals surface area (Å²) in [5, 5.41) is 12.6. The van der Waals surface area contributed by atoms with E-state index in [1.165, 1.54) is 6.07 Å². The van der Waals surface area contributed by atoms with Gasteiger partial charge < -0.3 is 22.6 Å². The fraction of sp³-hybridized carbons (Fsp3) is 0.286. The van der Waals surface area contributed by atoms with Gasteiger partial charge in [0.05, 0.1) is 28.6 Å². The van der Waals surface area contributed by atoms with E-state index in [0.717, 1.165) is 28.7 Å². The third kappa shape index (κ3) is 11.0. The molecule has 0 aliphatic carbocycles. The van der Waals surface area contributed by atoms with E-state index < -0.39 is 28.5 Å². The first-order valence-corrected chi connectivity index (χ1v) is 23.7. The van der Waals surface area contributed by atoms with Crippen LogP contribution >= 0.6 is 11.6 Å². The maximum Gasteiger partial charge on any atom is 0.338 e. The minimum absolute atomic E-state index is 0.106. The molecular weight excluding hydrogens is 900 g/mol. The molecule has 2 heterocycles. The molecule has 0 fully saturated rings. The number of fused-ring (bicyclic) bond motifs is 1. The monoisotopic (exact) mass is 952 g/mol. The Bertz CT molecular complexity index is 2950. The first kappa shape index (κ1) is 47.6. The third-order valence-electron chi connectivity index (χ3n) is 10.6. The number of aromatic amines is 1. The number of rotatable bonds is 17. The Morgan fingerprint density at radius 3 is 2.14 bits per heavy atom. The summed E-state index contributed by atoms with van der Waals surface area (Å²) < 4.78 is 64.1. The highest BCUT2D eigenvalue weighted by atomic mass is 35.5. The first-order valence-electron chi connectivity index (χ1n) is 21.2. The molecule has 7 aromatic rings. The van der Waals surface area contributed by atoms with Gasteiger partial charge in [0.2, 0.25) is 11.4 Å². The van der Waals surface area contributed by atoms with Crippen molar-refractivity contribution in [2.75, 3.05) is 16.1 Å². The lowest BCUT2D eigenvalue weighted by Gasteiger charge is -2.33. The van der Waals surface area contributed by atoms with Gasteiger partial charge in [-0.15, -0.1) is 10.2 Å². The number of H-pyrrole nitrogens is 1. The number of aryl methyl sites for hydroxylation is 3. The molecule has 0 radical (unpaired) electrons. The van der Waals surface area contributed by atoms with Crippen molar-refractivity contribution in [3.05, 3.63) is 135 Å². The Balaban J connectivity index is 1.11. The van der Waals surface area contributed by atoms with Gasteiger partial charge in [-0.05, 0) is 134 Å². The molecule has 0 saturated heterocycles. The summed E-state index contributed by atoms with van der Waals surface area (Å²) in [6.45, 7) is 20.6. The van der Waals surface area contributed by atoms with E-state index in [1.807, 2.05) is 76.2 Å². The van der Waals surface area contributed by atoms with Crippen LogP contribution in [0.5, 0.6) is 34.6 Å². The summed E-state index contributed by atoms with van der Waals surface area (Å²) in [5.41, 5.74) is 6.44. The van der Waals surface area contributed by atoms with Crippen LogP contribution < -0.4 is 27.3 Å². The number of hydrogen-bond donors (Lipinski definition) is 3. The zero-order valence-corrected chi connectivity index (χ0v) is 40.8. The Morgan fingerprint density at radius 1 is 0.758 bits per heavy atom. The second-order valence-corrected chi connectivity index (χ2v) is 19.8. The number of carbonyl (C=O) groups is 1. The van der Waals surface area contributed by atoms with Gasteiger partial charge in [-0.25, -0.2) is 9.31 Å². The molecule has 0 saturated carbocycles. The Kier molecular flexibility index (Phi) is 14.2. The second-order valence-electron chi connectivity index (χ2n) is 17.7. The van der Waals surface area contributed by atoms with E-state index in [1.54, 1.807) is 47.8 Å². The van der Waals surface area contributed by atoms with Crippen LogP contribution in [0, 0.1) is 33.1 Å². The quantitative estimate of drug-likeness (QED) is 0.0747. The number of halogens is 1. The predicted octanol–water partition coefficient (Wildman–Crippen LogP) is 12.2. The average Bonchev–Trinajstić information content (AvgIpc) is 3.80. The molecule has 14 nitrogen and oxygen atoms in total. The van der Waals surface area contributed by atoms with Gasteiger partial charge in [0.15, 0.2) is 5.82 Å². The van der Waals surface area contributed by atoms with Crippen molar-refractivity contribution in [1.29, 1.82) is 0 Å². The molecule has 0 amide bonds. The summed E-state index contributed by atoms with van der Waals surface area (Å²) in [5.74, 6) is 2.14. The van der Waals surface area contributed by atoms with Crippen molar-refractivity contribution in [2.45, 2.75) is 81.1 Å². The minimum Gasteiger partial charge on any atom is -0.462 e. The molecule has 0 aliphatic rings. The largest absolute Gasteiger partial charge is 0.462 e. The zero-order valence-electron chi connectivity index (χ0n) is 38.5. The maximum atomic E-state index is 13.7. The maximum absolute atomic E-state index is 13.7. The molecule has 0 bridgehead atoms. The Morgan fingerprint density at radius 2 is 1.44 bits per heavy atom. The number of para-hydroxylation sites is 1. The summed E-state index contributed by atoms with van der Waals surface area (Å²) >= 11 is 2.37. The van der Waals surface area contributed by atoms with Crippen molar-refractivity contribution in [2.24, 2.45) is 5.41 Å². The third-order valence-corrected chi connectivity index (χ3v) is 12.4. The van der Waals surface area contributed by atoms with Crippen LogP contribution in [0.1, 0.15) is 86.1 Å². The van der Waals surface area contributed by atoms with Crippen LogP contribution in [0.4, 0.5) is 11.4 Å². The summed E-state index contributed by atoms with van der Waals surface area (Å²) in [6, 6.07) is 28.3. The zero-order chi connectivity index (χ0) is 47.5. The number of aromatic nitrogens is 4. The van der Waals surface area contributed by atoms with Gasteiger partial charge in [0.1, 0.15) is 23.0 Å². The Hall–Kier alpha value is -6.36. The topological polar surface area (TPSA) is 167 Å². The van der Waals surface area contributed by atoms with Crippen molar-refractivity contribution < 1.29 is 35.8 Å². The van der Waals surface area contributed by atoms with E-state index in [-0.39, 0.29) is 45.5 Å². The molecule has 2 unspecified atom stereocenters. The van der Waals surface area contributed by atoms with Gasteiger partial charge in [0.25, 0.3) is 5.88 Å². The lowest BCUT2D eigenvalue weighted by molar-refractivity contribution is 0.0526. The van der Waals surface area contributed by atoms with Crippen LogP contribution in [0.15, 0.2) is 97.1 Å². The lowest BCUT2D eigenvalue weighted by atomic mass is 9.72. The smallest absolute Gasteiger partial charge is 0.338 e. The standard InChI is InChI=1S/C49H53ClN6O8S2/c1-11-60-47(57)33-18-21-36(22-19-33)61-43-45-52-51-44(56(45)53-46(43)62-35-15-13-12-14-16-35)41-30(3)25-31(4)42(32(41)5)55-66(59)63-37-23-24-38(50)39(27-37)54-65(58)64-40-26-34(20-17-29(40)2)49(9,10)28-48(6,7)8/h12-27,53-55H,11,28H2,1-10H3. The average molecular weight is 954 g/mol. The highest BCUT2D eigenvalue weighted by molar-refractivity contribution is 7.82. The number of hydrogen-bond acceptors (Lipinski definition) is 10. The van der Waals surface area contributed by atoms with Crippen molar-refractivity contribution in [3.8, 4) is 46.0 Å². The van der Waals surface area contributed by atoms with E-state index >= 15 is 0 Å². The van der Waals surface area contributed by atoms with E-state index in [9.17, 15) is 13.2 Å².